The first-order valence-electron chi connectivity index (χ1n) is 4.36. The van der Waals surface area contributed by atoms with Gasteiger partial charge in [0.2, 0.25) is 0 Å². The van der Waals surface area contributed by atoms with Gasteiger partial charge in [0, 0.05) is 5.41 Å². The van der Waals surface area contributed by atoms with Gasteiger partial charge in [-0.25, -0.2) is 0 Å². The molecular weight excluding hydrogens is 140 g/mol. The molecule has 2 fully saturated rings. The molecule has 1 saturated heterocycles. The average Bonchev–Trinajstić information content (AvgIpc) is 2.64. The van der Waals surface area contributed by atoms with E-state index in [0.29, 0.717) is 19.1 Å². The smallest absolute Gasteiger partial charge is 0.0980 e. The first kappa shape index (κ1) is 7.56. The predicted molar refractivity (Wildman–Crippen MR) is 42.3 cm³/mol. The van der Waals surface area contributed by atoms with E-state index in [2.05, 4.69) is 13.8 Å². The van der Waals surface area contributed by atoms with Crippen LogP contribution in [0.4, 0.5) is 0 Å². The van der Waals surface area contributed by atoms with Crippen molar-refractivity contribution in [3.63, 3.8) is 0 Å². The minimum Gasteiger partial charge on any atom is -0.387 e. The predicted octanol–water partition coefficient (Wildman–Crippen LogP) is 1.18. The normalized spacial score (nSPS) is 42.8. The summed E-state index contributed by atoms with van der Waals surface area (Å²) >= 11 is 0. The molecule has 0 radical (unpaired) electrons. The molecule has 2 aliphatic rings. The van der Waals surface area contributed by atoms with Crippen molar-refractivity contribution < 1.29 is 9.84 Å². The molecule has 64 valence electrons. The number of hydrogen-bond donors (Lipinski definition) is 1. The molecule has 11 heavy (non-hydrogen) atoms. The van der Waals surface area contributed by atoms with E-state index in [1.165, 1.54) is 12.8 Å². The Hall–Kier alpha value is -0.0800. The summed E-state index contributed by atoms with van der Waals surface area (Å²) in [5, 5.41) is 10.2. The zero-order chi connectivity index (χ0) is 8.11. The maximum Gasteiger partial charge on any atom is 0.0980 e. The number of rotatable bonds is 1. The minimum atomic E-state index is -0.521. The van der Waals surface area contributed by atoms with Crippen molar-refractivity contribution in [3.8, 4) is 0 Å². The van der Waals surface area contributed by atoms with Crippen molar-refractivity contribution in [2.75, 3.05) is 13.2 Å². The van der Waals surface area contributed by atoms with Gasteiger partial charge in [0.15, 0.2) is 0 Å². The van der Waals surface area contributed by atoms with Crippen LogP contribution in [0.2, 0.25) is 0 Å². The Kier molecular flexibility index (Phi) is 1.37. The van der Waals surface area contributed by atoms with E-state index in [4.69, 9.17) is 4.74 Å². The van der Waals surface area contributed by atoms with E-state index in [-0.39, 0.29) is 5.41 Å². The lowest BCUT2D eigenvalue weighted by molar-refractivity contribution is -0.0521. The van der Waals surface area contributed by atoms with Gasteiger partial charge in [0.25, 0.3) is 0 Å². The number of ether oxygens (including phenoxy) is 1. The zero-order valence-corrected chi connectivity index (χ0v) is 7.26. The molecule has 1 unspecified atom stereocenters. The fraction of sp³-hybridized carbons (Fsp3) is 1.00. The molecule has 1 aliphatic carbocycles. The zero-order valence-electron chi connectivity index (χ0n) is 7.26. The van der Waals surface area contributed by atoms with Gasteiger partial charge in [0.1, 0.15) is 0 Å². The lowest BCUT2D eigenvalue weighted by Gasteiger charge is -2.34. The van der Waals surface area contributed by atoms with Gasteiger partial charge in [-0.3, -0.25) is 0 Å². The quantitative estimate of drug-likeness (QED) is 0.618. The summed E-state index contributed by atoms with van der Waals surface area (Å²) in [5.74, 6) is 0.514. The molecule has 1 N–H and O–H groups in total. The molecule has 1 atom stereocenters. The van der Waals surface area contributed by atoms with E-state index in [0.717, 1.165) is 0 Å². The van der Waals surface area contributed by atoms with E-state index >= 15 is 0 Å². The number of hydrogen-bond acceptors (Lipinski definition) is 2. The lowest BCUT2D eigenvalue weighted by Crippen LogP contribution is -2.45. The van der Waals surface area contributed by atoms with E-state index in [1.807, 2.05) is 0 Å². The Morgan fingerprint density at radius 2 is 1.91 bits per heavy atom. The SMILES string of the molecule is CC1(C)COCC1(O)C1CC1. The van der Waals surface area contributed by atoms with Crippen molar-refractivity contribution in [3.05, 3.63) is 0 Å². The maximum absolute atomic E-state index is 10.2. The highest BCUT2D eigenvalue weighted by atomic mass is 16.5. The molecule has 2 heteroatoms. The van der Waals surface area contributed by atoms with Crippen LogP contribution in [0.15, 0.2) is 0 Å². The van der Waals surface area contributed by atoms with Crippen LogP contribution >= 0.6 is 0 Å². The molecule has 1 heterocycles. The topological polar surface area (TPSA) is 29.5 Å². The maximum atomic E-state index is 10.2. The fourth-order valence-electron chi connectivity index (χ4n) is 2.01. The second kappa shape index (κ2) is 1.99. The van der Waals surface area contributed by atoms with Gasteiger partial charge in [-0.15, -0.1) is 0 Å². The third-order valence-corrected chi connectivity index (χ3v) is 3.21. The second-order valence-electron chi connectivity index (χ2n) is 4.58. The molecule has 0 spiro atoms. The van der Waals surface area contributed by atoms with Crippen LogP contribution in [-0.4, -0.2) is 23.9 Å². The molecule has 0 aromatic heterocycles. The minimum absolute atomic E-state index is 0.0336. The van der Waals surface area contributed by atoms with Crippen LogP contribution in [0.25, 0.3) is 0 Å². The highest BCUT2D eigenvalue weighted by Gasteiger charge is 2.57. The molecular formula is C9H16O2. The van der Waals surface area contributed by atoms with Gasteiger partial charge in [-0.1, -0.05) is 13.8 Å². The first-order chi connectivity index (χ1) is 5.06. The third-order valence-electron chi connectivity index (χ3n) is 3.21. The van der Waals surface area contributed by atoms with Crippen LogP contribution in [0, 0.1) is 11.3 Å². The largest absolute Gasteiger partial charge is 0.387 e. The van der Waals surface area contributed by atoms with E-state index < -0.39 is 5.60 Å². The highest BCUT2D eigenvalue weighted by molar-refractivity contribution is 5.06. The van der Waals surface area contributed by atoms with Crippen molar-refractivity contribution in [1.29, 1.82) is 0 Å². The summed E-state index contributed by atoms with van der Waals surface area (Å²) in [6, 6.07) is 0. The van der Waals surface area contributed by atoms with Gasteiger partial charge in [-0.05, 0) is 18.8 Å². The summed E-state index contributed by atoms with van der Waals surface area (Å²) in [6.07, 6.45) is 2.37. The lowest BCUT2D eigenvalue weighted by atomic mass is 9.75. The van der Waals surface area contributed by atoms with Crippen molar-refractivity contribution >= 4 is 0 Å². The van der Waals surface area contributed by atoms with Crippen molar-refractivity contribution in [2.45, 2.75) is 32.3 Å². The van der Waals surface area contributed by atoms with Crippen LogP contribution in [0.1, 0.15) is 26.7 Å². The second-order valence-corrected chi connectivity index (χ2v) is 4.58. The Bertz CT molecular complexity index is 172. The Balaban J connectivity index is 2.21. The van der Waals surface area contributed by atoms with Crippen LogP contribution in [0.3, 0.4) is 0 Å². The van der Waals surface area contributed by atoms with E-state index in [1.54, 1.807) is 0 Å². The Labute approximate surface area is 67.6 Å². The average molecular weight is 156 g/mol. The summed E-state index contributed by atoms with van der Waals surface area (Å²) in [4.78, 5) is 0. The molecule has 0 aromatic carbocycles. The Morgan fingerprint density at radius 1 is 1.27 bits per heavy atom. The third kappa shape index (κ3) is 0.926. The summed E-state index contributed by atoms with van der Waals surface area (Å²) < 4.78 is 5.33. The highest BCUT2D eigenvalue weighted by Crippen LogP contribution is 2.51. The summed E-state index contributed by atoms with van der Waals surface area (Å²) in [6.45, 7) is 5.45. The summed E-state index contributed by atoms with van der Waals surface area (Å²) in [7, 11) is 0. The number of aliphatic hydroxyl groups is 1. The van der Waals surface area contributed by atoms with Gasteiger partial charge in [0.05, 0.1) is 18.8 Å². The van der Waals surface area contributed by atoms with Gasteiger partial charge in [-0.2, -0.15) is 0 Å². The van der Waals surface area contributed by atoms with Crippen LogP contribution in [0.5, 0.6) is 0 Å². The molecule has 0 bridgehead atoms. The molecule has 2 nitrogen and oxygen atoms in total. The Morgan fingerprint density at radius 3 is 2.27 bits per heavy atom. The monoisotopic (exact) mass is 156 g/mol. The standard InChI is InChI=1S/C9H16O2/c1-8(2)5-11-6-9(8,10)7-3-4-7/h7,10H,3-6H2,1-2H3. The molecule has 0 amide bonds. The molecule has 2 rings (SSSR count). The van der Waals surface area contributed by atoms with Crippen molar-refractivity contribution in [1.82, 2.24) is 0 Å². The fourth-order valence-corrected chi connectivity index (χ4v) is 2.01. The van der Waals surface area contributed by atoms with Crippen LogP contribution < -0.4 is 0 Å². The van der Waals surface area contributed by atoms with Gasteiger partial charge >= 0.3 is 0 Å². The molecule has 1 aliphatic heterocycles. The van der Waals surface area contributed by atoms with Crippen LogP contribution in [-0.2, 0) is 4.74 Å². The van der Waals surface area contributed by atoms with Gasteiger partial charge < -0.3 is 9.84 Å². The van der Waals surface area contributed by atoms with E-state index in [9.17, 15) is 5.11 Å². The van der Waals surface area contributed by atoms with Crippen molar-refractivity contribution in [2.24, 2.45) is 11.3 Å². The summed E-state index contributed by atoms with van der Waals surface area (Å²) in [5.41, 5.74) is -0.554. The molecule has 1 saturated carbocycles. The molecule has 0 aromatic rings. The first-order valence-corrected chi connectivity index (χ1v) is 4.36.